The molecule has 6 nitrogen and oxygen atoms in total. The molecule has 108 valence electrons. The summed E-state index contributed by atoms with van der Waals surface area (Å²) in [4.78, 5) is 37.6. The minimum absolute atomic E-state index is 0.134. The third-order valence-electron chi connectivity index (χ3n) is 2.60. The molecule has 2 unspecified atom stereocenters. The lowest BCUT2D eigenvalue weighted by molar-refractivity contribution is -0.138. The Hall–Kier alpha value is -1.89. The Bertz CT molecular complexity index is 491. The SMILES string of the molecule is CC(SCC(CC(=O)O)C(=O)c1ccccn1)C(=O)O. The van der Waals surface area contributed by atoms with Gasteiger partial charge < -0.3 is 10.2 Å². The highest BCUT2D eigenvalue weighted by atomic mass is 32.2. The van der Waals surface area contributed by atoms with Crippen LogP contribution in [-0.2, 0) is 9.59 Å². The van der Waals surface area contributed by atoms with E-state index in [-0.39, 0.29) is 23.7 Å². The predicted octanol–water partition coefficient (Wildman–Crippen LogP) is 1.56. The molecule has 2 atom stereocenters. The normalized spacial score (nSPS) is 13.4. The molecule has 0 radical (unpaired) electrons. The van der Waals surface area contributed by atoms with E-state index in [1.54, 1.807) is 12.1 Å². The first kappa shape index (κ1) is 16.2. The van der Waals surface area contributed by atoms with Gasteiger partial charge in [-0.2, -0.15) is 0 Å². The Balaban J connectivity index is 2.76. The van der Waals surface area contributed by atoms with Crippen LogP contribution in [0, 0.1) is 5.92 Å². The number of carboxylic acid groups (broad SMARTS) is 2. The highest BCUT2D eigenvalue weighted by Gasteiger charge is 2.25. The maximum atomic E-state index is 12.2. The van der Waals surface area contributed by atoms with Crippen LogP contribution in [-0.4, -0.2) is 43.9 Å². The summed E-state index contributed by atoms with van der Waals surface area (Å²) in [5.74, 6) is -3.11. The summed E-state index contributed by atoms with van der Waals surface area (Å²) in [5.41, 5.74) is 0.197. The molecule has 0 saturated carbocycles. The van der Waals surface area contributed by atoms with Gasteiger partial charge in [0.15, 0.2) is 5.78 Å². The lowest BCUT2D eigenvalue weighted by atomic mass is 9.99. The molecule has 20 heavy (non-hydrogen) atoms. The molecule has 0 bridgehead atoms. The molecule has 0 amide bonds. The van der Waals surface area contributed by atoms with Crippen molar-refractivity contribution < 1.29 is 24.6 Å². The Kier molecular flexibility index (Phi) is 6.17. The number of carboxylic acids is 2. The highest BCUT2D eigenvalue weighted by Crippen LogP contribution is 2.20. The van der Waals surface area contributed by atoms with Crippen LogP contribution < -0.4 is 0 Å². The second kappa shape index (κ2) is 7.64. The average molecular weight is 297 g/mol. The fourth-order valence-corrected chi connectivity index (χ4v) is 2.42. The monoisotopic (exact) mass is 297 g/mol. The van der Waals surface area contributed by atoms with Crippen molar-refractivity contribution in [2.45, 2.75) is 18.6 Å². The maximum Gasteiger partial charge on any atom is 0.316 e. The third kappa shape index (κ3) is 5.00. The minimum atomic E-state index is -1.09. The molecule has 0 aliphatic rings. The molecule has 0 aliphatic heterocycles. The minimum Gasteiger partial charge on any atom is -0.481 e. The number of ketones is 1. The van der Waals surface area contributed by atoms with Gasteiger partial charge in [-0.1, -0.05) is 6.07 Å². The van der Waals surface area contributed by atoms with Crippen LogP contribution >= 0.6 is 11.8 Å². The van der Waals surface area contributed by atoms with E-state index in [1.165, 1.54) is 19.2 Å². The number of pyridine rings is 1. The van der Waals surface area contributed by atoms with Crippen molar-refractivity contribution in [3.63, 3.8) is 0 Å². The summed E-state index contributed by atoms with van der Waals surface area (Å²) in [6.45, 7) is 1.50. The Morgan fingerprint density at radius 2 is 2.00 bits per heavy atom. The van der Waals surface area contributed by atoms with E-state index in [1.807, 2.05) is 0 Å². The number of hydrogen-bond acceptors (Lipinski definition) is 5. The topological polar surface area (TPSA) is 105 Å². The van der Waals surface area contributed by atoms with Crippen LogP contribution in [0.5, 0.6) is 0 Å². The van der Waals surface area contributed by atoms with Crippen molar-refractivity contribution in [3.05, 3.63) is 30.1 Å². The van der Waals surface area contributed by atoms with Gasteiger partial charge in [0.25, 0.3) is 0 Å². The van der Waals surface area contributed by atoms with E-state index in [2.05, 4.69) is 4.98 Å². The maximum absolute atomic E-state index is 12.2. The highest BCUT2D eigenvalue weighted by molar-refractivity contribution is 8.00. The van der Waals surface area contributed by atoms with Gasteiger partial charge in [-0.3, -0.25) is 19.4 Å². The molecule has 0 aromatic carbocycles. The lowest BCUT2D eigenvalue weighted by Gasteiger charge is -2.14. The fourth-order valence-electron chi connectivity index (χ4n) is 1.49. The molecule has 1 heterocycles. The molecular weight excluding hydrogens is 282 g/mol. The molecule has 2 N–H and O–H groups in total. The first-order valence-corrected chi connectivity index (χ1v) is 6.98. The number of nitrogens with zero attached hydrogens (tertiary/aromatic N) is 1. The Morgan fingerprint density at radius 1 is 1.30 bits per heavy atom. The Labute approximate surface area is 120 Å². The van der Waals surface area contributed by atoms with Crippen LogP contribution in [0.3, 0.4) is 0 Å². The van der Waals surface area contributed by atoms with E-state index < -0.39 is 23.1 Å². The standard InChI is InChI=1S/C13H15NO5S/c1-8(13(18)19)20-7-9(6-11(15)16)12(17)10-4-2-3-5-14-10/h2-5,8-9H,6-7H2,1H3,(H,15,16)(H,18,19). The molecule has 7 heteroatoms. The first-order chi connectivity index (χ1) is 9.41. The van der Waals surface area contributed by atoms with Gasteiger partial charge in [-0.05, 0) is 19.1 Å². The van der Waals surface area contributed by atoms with E-state index in [0.717, 1.165) is 11.8 Å². The average Bonchev–Trinajstić information content (AvgIpc) is 2.42. The molecule has 0 saturated heterocycles. The van der Waals surface area contributed by atoms with E-state index in [9.17, 15) is 14.4 Å². The van der Waals surface area contributed by atoms with Gasteiger partial charge in [0.1, 0.15) is 5.69 Å². The smallest absolute Gasteiger partial charge is 0.316 e. The van der Waals surface area contributed by atoms with Crippen molar-refractivity contribution in [1.82, 2.24) is 4.98 Å². The summed E-state index contributed by atoms with van der Waals surface area (Å²) >= 11 is 1.05. The van der Waals surface area contributed by atoms with Gasteiger partial charge >= 0.3 is 11.9 Å². The number of hydrogen-bond donors (Lipinski definition) is 2. The van der Waals surface area contributed by atoms with Crippen molar-refractivity contribution >= 4 is 29.5 Å². The fraction of sp³-hybridized carbons (Fsp3) is 0.385. The van der Waals surface area contributed by atoms with Crippen LogP contribution in [0.4, 0.5) is 0 Å². The van der Waals surface area contributed by atoms with Crippen molar-refractivity contribution in [2.24, 2.45) is 5.92 Å². The number of aromatic nitrogens is 1. The van der Waals surface area contributed by atoms with Gasteiger partial charge in [0, 0.05) is 17.9 Å². The van der Waals surface area contributed by atoms with Crippen LogP contribution in [0.2, 0.25) is 0 Å². The number of aliphatic carboxylic acids is 2. The zero-order chi connectivity index (χ0) is 15.1. The largest absolute Gasteiger partial charge is 0.481 e. The second-order valence-corrected chi connectivity index (χ2v) is 5.56. The van der Waals surface area contributed by atoms with Crippen LogP contribution in [0.15, 0.2) is 24.4 Å². The van der Waals surface area contributed by atoms with Gasteiger partial charge in [-0.25, -0.2) is 0 Å². The van der Waals surface area contributed by atoms with Crippen molar-refractivity contribution in [3.8, 4) is 0 Å². The van der Waals surface area contributed by atoms with E-state index >= 15 is 0 Å². The lowest BCUT2D eigenvalue weighted by Crippen LogP contribution is -2.24. The zero-order valence-electron chi connectivity index (χ0n) is 10.9. The van der Waals surface area contributed by atoms with Gasteiger partial charge in [-0.15, -0.1) is 11.8 Å². The zero-order valence-corrected chi connectivity index (χ0v) is 11.7. The summed E-state index contributed by atoms with van der Waals surface area (Å²) in [7, 11) is 0. The van der Waals surface area contributed by atoms with E-state index in [0.29, 0.717) is 0 Å². The number of carbonyl (C=O) groups excluding carboxylic acids is 1. The molecule has 1 rings (SSSR count). The van der Waals surface area contributed by atoms with Crippen molar-refractivity contribution in [1.29, 1.82) is 0 Å². The predicted molar refractivity (Wildman–Crippen MR) is 73.9 cm³/mol. The van der Waals surface area contributed by atoms with E-state index in [4.69, 9.17) is 10.2 Å². The number of Topliss-reactive ketones (excluding diaryl/α,β-unsaturated/α-hetero) is 1. The molecule has 0 spiro atoms. The number of carbonyl (C=O) groups is 3. The summed E-state index contributed by atoms with van der Waals surface area (Å²) in [5, 5.41) is 17.0. The van der Waals surface area contributed by atoms with Crippen LogP contribution in [0.25, 0.3) is 0 Å². The van der Waals surface area contributed by atoms with Crippen LogP contribution in [0.1, 0.15) is 23.8 Å². The van der Waals surface area contributed by atoms with Gasteiger partial charge in [0.05, 0.1) is 11.7 Å². The molecular formula is C13H15NO5S. The molecule has 0 aliphatic carbocycles. The first-order valence-electron chi connectivity index (χ1n) is 5.93. The molecule has 1 aromatic heterocycles. The molecule has 1 aromatic rings. The summed E-state index contributed by atoms with van der Waals surface area (Å²) in [6, 6.07) is 4.82. The second-order valence-electron chi connectivity index (χ2n) is 4.19. The number of thioether (sulfide) groups is 1. The van der Waals surface area contributed by atoms with Crippen molar-refractivity contribution in [2.75, 3.05) is 5.75 Å². The molecule has 0 fully saturated rings. The summed E-state index contributed by atoms with van der Waals surface area (Å²) in [6.07, 6.45) is 1.12. The summed E-state index contributed by atoms with van der Waals surface area (Å²) < 4.78 is 0. The Morgan fingerprint density at radius 3 is 2.50 bits per heavy atom. The number of rotatable bonds is 8. The quantitative estimate of drug-likeness (QED) is 0.701. The van der Waals surface area contributed by atoms with Gasteiger partial charge in [0.2, 0.25) is 0 Å². The third-order valence-corrected chi connectivity index (χ3v) is 3.90.